The van der Waals surface area contributed by atoms with Crippen molar-refractivity contribution in [1.29, 1.82) is 0 Å². The van der Waals surface area contributed by atoms with Gasteiger partial charge < -0.3 is 0 Å². The molecule has 6 heteroatoms. The molecule has 0 saturated heterocycles. The van der Waals surface area contributed by atoms with Crippen molar-refractivity contribution < 1.29 is 0 Å². The molecule has 2 fully saturated rings. The first kappa shape index (κ1) is 44.6. The average molecular weight is 969 g/mol. The Bertz CT molecular complexity index is 4170. The molecule has 0 atom stereocenters. The first-order valence-electron chi connectivity index (χ1n) is 28.1. The Morgan fingerprint density at radius 1 is 0.405 bits per heavy atom. The van der Waals surface area contributed by atoms with Gasteiger partial charge in [-0.25, -0.2) is 9.97 Å². The van der Waals surface area contributed by atoms with Crippen LogP contribution in [0.3, 0.4) is 0 Å². The fourth-order valence-electron chi connectivity index (χ4n) is 14.8. The Morgan fingerprint density at radius 2 is 0.757 bits per heavy atom. The number of aryl methyl sites for hydroxylation is 4. The van der Waals surface area contributed by atoms with Gasteiger partial charge in [-0.2, -0.15) is 0 Å². The molecule has 2 aliphatic rings. The molecular formula is C68H68N6. The van der Waals surface area contributed by atoms with E-state index < -0.39 is 0 Å². The van der Waals surface area contributed by atoms with Gasteiger partial charge in [0.1, 0.15) is 0 Å². The van der Waals surface area contributed by atoms with Crippen LogP contribution < -0.4 is 0 Å². The predicted molar refractivity (Wildman–Crippen MR) is 312 cm³/mol. The third-order valence-corrected chi connectivity index (χ3v) is 18.6. The summed E-state index contributed by atoms with van der Waals surface area (Å²) in [5.74, 6) is 3.03. The van der Waals surface area contributed by atoms with Crippen LogP contribution in [0.4, 0.5) is 0 Å². The maximum Gasteiger partial charge on any atom is 0.220 e. The number of rotatable bonds is 4. The zero-order valence-electron chi connectivity index (χ0n) is 45.1. The number of imidazole rings is 4. The molecule has 0 amide bonds. The standard InChI is InChI=1S/C68H68N6/c1-37-19-17-20-38(2)55(37)49-31-43(41-23-13-11-14-24-41)33-53-59(49)69-65-71-51-29-27-45(67(5,6)7)35-47(51)58-61(71)63(73(53)65)57-48-36-46(68(8,9)10)28-30-52(48)72-62(57)64(58)74-54-34-44(42-25-15-12-16-26-42)32-50(60(54)70-66(72)74)56-39(3)21-18-22-40(56)4/h17-22,27-36,41-42H,11-16,23-26H2,1-10H3. The fraction of sp³-hybridized carbons (Fsp3) is 0.353. The number of aromatic nitrogens is 6. The van der Waals surface area contributed by atoms with Gasteiger partial charge >= 0.3 is 0 Å². The summed E-state index contributed by atoms with van der Waals surface area (Å²) in [6.07, 6.45) is 12.7. The van der Waals surface area contributed by atoms with E-state index in [0.29, 0.717) is 11.8 Å². The smallest absolute Gasteiger partial charge is 0.220 e. The molecule has 6 nitrogen and oxygen atoms in total. The largest absolute Gasteiger partial charge is 0.277 e. The molecule has 0 bridgehead atoms. The van der Waals surface area contributed by atoms with Crippen molar-refractivity contribution in [2.24, 2.45) is 0 Å². The number of nitrogens with zero attached hydrogens (tertiary/aromatic N) is 6. The quantitative estimate of drug-likeness (QED) is 0.176. The molecule has 7 aromatic carbocycles. The first-order chi connectivity index (χ1) is 35.7. The van der Waals surface area contributed by atoms with E-state index in [9.17, 15) is 0 Å². The SMILES string of the molecule is Cc1cccc(C)c1-c1cc(C2CCCCC2)cc2c1nc1n2c2c3c4cc(C(C)(C)C)ccc4n4c3c(c3c5cc(C(C)(C)C)ccc5n1c32)n1c2cc(C3CCCCC3)cc(-c3c(C)cccc3C)c2nc14. The van der Waals surface area contributed by atoms with Gasteiger partial charge in [0.25, 0.3) is 0 Å². The van der Waals surface area contributed by atoms with E-state index in [2.05, 4.69) is 184 Å². The summed E-state index contributed by atoms with van der Waals surface area (Å²) < 4.78 is 10.4. The Labute approximate surface area is 433 Å². The molecular weight excluding hydrogens is 901 g/mol. The summed E-state index contributed by atoms with van der Waals surface area (Å²) in [4.78, 5) is 12.0. The van der Waals surface area contributed by atoms with E-state index in [0.717, 1.165) is 22.6 Å². The summed E-state index contributed by atoms with van der Waals surface area (Å²) >= 11 is 0. The minimum Gasteiger partial charge on any atom is -0.277 e. The van der Waals surface area contributed by atoms with Crippen molar-refractivity contribution in [3.63, 3.8) is 0 Å². The fourth-order valence-corrected chi connectivity index (χ4v) is 14.8. The van der Waals surface area contributed by atoms with Gasteiger partial charge in [-0.05, 0) is 180 Å². The van der Waals surface area contributed by atoms with E-state index in [1.165, 1.54) is 197 Å². The summed E-state index contributed by atoms with van der Waals surface area (Å²) in [5.41, 5.74) is 27.9. The molecule has 0 unspecified atom stereocenters. The zero-order chi connectivity index (χ0) is 50.4. The van der Waals surface area contributed by atoms with Gasteiger partial charge in [0.15, 0.2) is 0 Å². The highest BCUT2D eigenvalue weighted by molar-refractivity contribution is 6.37. The lowest BCUT2D eigenvalue weighted by molar-refractivity contribution is 0.444. The van der Waals surface area contributed by atoms with Crippen LogP contribution in [0.25, 0.3) is 111 Å². The summed E-state index contributed by atoms with van der Waals surface area (Å²) in [7, 11) is 0. The number of hydrogen-bond donors (Lipinski definition) is 0. The topological polar surface area (TPSA) is 43.4 Å². The van der Waals surface area contributed by atoms with Crippen molar-refractivity contribution in [3.8, 4) is 22.3 Å². The third kappa shape index (κ3) is 6.00. The van der Waals surface area contributed by atoms with Crippen molar-refractivity contribution in [3.05, 3.63) is 142 Å². The Morgan fingerprint density at radius 3 is 1.11 bits per heavy atom. The molecule has 15 rings (SSSR count). The Hall–Kier alpha value is -6.92. The zero-order valence-corrected chi connectivity index (χ0v) is 45.1. The highest BCUT2D eigenvalue weighted by Gasteiger charge is 2.35. The molecule has 2 saturated carbocycles. The van der Waals surface area contributed by atoms with Gasteiger partial charge in [-0.15, -0.1) is 0 Å². The van der Waals surface area contributed by atoms with Crippen LogP contribution in [0.5, 0.6) is 0 Å². The van der Waals surface area contributed by atoms with Crippen LogP contribution in [0, 0.1) is 27.7 Å². The highest BCUT2D eigenvalue weighted by Crippen LogP contribution is 2.52. The molecule has 370 valence electrons. The molecule has 0 radical (unpaired) electrons. The van der Waals surface area contributed by atoms with Gasteiger partial charge in [0, 0.05) is 32.7 Å². The minimum atomic E-state index is -0.0523. The second kappa shape index (κ2) is 15.3. The van der Waals surface area contributed by atoms with E-state index in [-0.39, 0.29) is 10.8 Å². The summed E-state index contributed by atoms with van der Waals surface area (Å²) in [5, 5.41) is 5.14. The number of fused-ring (bicyclic) bond motifs is 18. The van der Waals surface area contributed by atoms with E-state index >= 15 is 0 Å². The minimum absolute atomic E-state index is 0.0523. The van der Waals surface area contributed by atoms with Gasteiger partial charge in [-0.1, -0.05) is 129 Å². The average Bonchev–Trinajstić information content (AvgIpc) is 4.24. The van der Waals surface area contributed by atoms with E-state index in [4.69, 9.17) is 9.97 Å². The normalized spacial score (nSPS) is 16.1. The molecule has 0 aliphatic heterocycles. The van der Waals surface area contributed by atoms with Crippen LogP contribution in [0.2, 0.25) is 0 Å². The molecule has 6 aromatic heterocycles. The Balaban J connectivity index is 1.21. The van der Waals surface area contributed by atoms with Gasteiger partial charge in [0.05, 0.1) is 55.2 Å². The summed E-state index contributed by atoms with van der Waals surface area (Å²) in [6, 6.07) is 38.4. The van der Waals surface area contributed by atoms with Crippen LogP contribution in [-0.2, 0) is 10.8 Å². The monoisotopic (exact) mass is 969 g/mol. The van der Waals surface area contributed by atoms with Crippen LogP contribution in [0.15, 0.2) is 97.1 Å². The van der Waals surface area contributed by atoms with Crippen molar-refractivity contribution in [1.82, 2.24) is 27.6 Å². The van der Waals surface area contributed by atoms with Crippen LogP contribution in [0.1, 0.15) is 162 Å². The molecule has 74 heavy (non-hydrogen) atoms. The van der Waals surface area contributed by atoms with Crippen molar-refractivity contribution in [2.45, 2.75) is 156 Å². The summed E-state index contributed by atoms with van der Waals surface area (Å²) in [6.45, 7) is 23.3. The second-order valence-electron chi connectivity index (χ2n) is 25.3. The van der Waals surface area contributed by atoms with Gasteiger partial charge in [-0.3, -0.25) is 17.6 Å². The first-order valence-corrected chi connectivity index (χ1v) is 28.1. The van der Waals surface area contributed by atoms with E-state index in [1.807, 2.05) is 0 Å². The number of benzene rings is 7. The molecule has 0 N–H and O–H groups in total. The van der Waals surface area contributed by atoms with E-state index in [1.54, 1.807) is 0 Å². The molecule has 0 spiro atoms. The predicted octanol–water partition coefficient (Wildman–Crippen LogP) is 18.5. The maximum absolute atomic E-state index is 5.98. The number of hydrogen-bond acceptors (Lipinski definition) is 2. The molecule has 2 aliphatic carbocycles. The van der Waals surface area contributed by atoms with Crippen molar-refractivity contribution in [2.75, 3.05) is 0 Å². The lowest BCUT2D eigenvalue weighted by atomic mass is 9.82. The lowest BCUT2D eigenvalue weighted by Gasteiger charge is -2.23. The lowest BCUT2D eigenvalue weighted by Crippen LogP contribution is -2.10. The highest BCUT2D eigenvalue weighted by atomic mass is 15.2. The maximum atomic E-state index is 5.98. The van der Waals surface area contributed by atoms with Gasteiger partial charge in [0.2, 0.25) is 11.6 Å². The van der Waals surface area contributed by atoms with Crippen LogP contribution >= 0.6 is 0 Å². The third-order valence-electron chi connectivity index (χ3n) is 18.6. The second-order valence-corrected chi connectivity index (χ2v) is 25.3. The molecule has 6 heterocycles. The molecule has 13 aromatic rings. The van der Waals surface area contributed by atoms with Crippen LogP contribution in [-0.4, -0.2) is 27.6 Å². The van der Waals surface area contributed by atoms with Crippen molar-refractivity contribution >= 4 is 88.3 Å². The Kier molecular flexibility index (Phi) is 9.24.